The minimum Gasteiger partial charge on any atom is -0.340 e. The van der Waals surface area contributed by atoms with Crippen molar-refractivity contribution in [3.8, 4) is 0 Å². The van der Waals surface area contributed by atoms with Crippen LogP contribution in [0.5, 0.6) is 0 Å². The van der Waals surface area contributed by atoms with Crippen LogP contribution in [-0.4, -0.2) is 48.9 Å². The Bertz CT molecular complexity index is 617. The SMILES string of the molecule is Cc1ccccc1C(=O)NC(C(=O)N1C[C@H]2CNC[C@H]2C1)C(C)C. The number of likely N-dealkylation sites (tertiary alicyclic amines) is 1. The minimum absolute atomic E-state index is 0.0568. The van der Waals surface area contributed by atoms with Gasteiger partial charge in [0, 0.05) is 31.7 Å². The predicted molar refractivity (Wildman–Crippen MR) is 93.7 cm³/mol. The van der Waals surface area contributed by atoms with E-state index in [1.54, 1.807) is 6.07 Å². The maximum Gasteiger partial charge on any atom is 0.252 e. The zero-order chi connectivity index (χ0) is 17.3. The highest BCUT2D eigenvalue weighted by atomic mass is 16.2. The van der Waals surface area contributed by atoms with Gasteiger partial charge in [-0.2, -0.15) is 0 Å². The van der Waals surface area contributed by atoms with Crippen LogP contribution in [0, 0.1) is 24.7 Å². The first kappa shape index (κ1) is 17.0. The molecule has 1 aromatic rings. The largest absolute Gasteiger partial charge is 0.340 e. The van der Waals surface area contributed by atoms with Crippen molar-refractivity contribution in [1.82, 2.24) is 15.5 Å². The summed E-state index contributed by atoms with van der Waals surface area (Å²) in [7, 11) is 0. The van der Waals surface area contributed by atoms with Crippen molar-refractivity contribution in [1.29, 1.82) is 0 Å². The molecule has 0 spiro atoms. The predicted octanol–water partition coefficient (Wildman–Crippen LogP) is 1.43. The molecule has 5 nitrogen and oxygen atoms in total. The summed E-state index contributed by atoms with van der Waals surface area (Å²) in [6.07, 6.45) is 0. The Morgan fingerprint density at radius 2 is 1.79 bits per heavy atom. The van der Waals surface area contributed by atoms with Crippen LogP contribution in [-0.2, 0) is 4.79 Å². The first-order valence-corrected chi connectivity index (χ1v) is 8.83. The van der Waals surface area contributed by atoms with E-state index in [-0.39, 0.29) is 17.7 Å². The van der Waals surface area contributed by atoms with Crippen LogP contribution in [0.25, 0.3) is 0 Å². The summed E-state index contributed by atoms with van der Waals surface area (Å²) in [4.78, 5) is 27.5. The average Bonchev–Trinajstić information content (AvgIpc) is 3.13. The average molecular weight is 329 g/mol. The molecule has 5 heteroatoms. The monoisotopic (exact) mass is 329 g/mol. The lowest BCUT2D eigenvalue weighted by Gasteiger charge is -2.27. The van der Waals surface area contributed by atoms with Crippen LogP contribution >= 0.6 is 0 Å². The Morgan fingerprint density at radius 1 is 1.17 bits per heavy atom. The molecule has 2 amide bonds. The van der Waals surface area contributed by atoms with Gasteiger partial charge >= 0.3 is 0 Å². The third kappa shape index (κ3) is 3.31. The minimum atomic E-state index is -0.469. The van der Waals surface area contributed by atoms with Gasteiger partial charge in [0.05, 0.1) is 0 Å². The van der Waals surface area contributed by atoms with E-state index in [4.69, 9.17) is 0 Å². The van der Waals surface area contributed by atoms with Gasteiger partial charge in [0.15, 0.2) is 0 Å². The van der Waals surface area contributed by atoms with E-state index < -0.39 is 6.04 Å². The summed E-state index contributed by atoms with van der Waals surface area (Å²) in [6.45, 7) is 9.49. The van der Waals surface area contributed by atoms with Crippen molar-refractivity contribution in [3.05, 3.63) is 35.4 Å². The van der Waals surface area contributed by atoms with E-state index >= 15 is 0 Å². The van der Waals surface area contributed by atoms with Crippen molar-refractivity contribution < 1.29 is 9.59 Å². The zero-order valence-corrected chi connectivity index (χ0v) is 14.7. The zero-order valence-electron chi connectivity index (χ0n) is 14.7. The lowest BCUT2D eigenvalue weighted by atomic mass is 10.0. The molecule has 0 radical (unpaired) electrons. The van der Waals surface area contributed by atoms with Crippen LogP contribution in [0.3, 0.4) is 0 Å². The Labute approximate surface area is 143 Å². The molecule has 2 heterocycles. The molecule has 0 aromatic heterocycles. The second kappa shape index (κ2) is 6.93. The molecule has 2 aliphatic rings. The summed E-state index contributed by atoms with van der Waals surface area (Å²) in [5.74, 6) is 1.08. The Balaban J connectivity index is 1.69. The normalized spacial score (nSPS) is 24.1. The van der Waals surface area contributed by atoms with Crippen LogP contribution in [0.1, 0.15) is 29.8 Å². The highest BCUT2D eigenvalue weighted by molar-refractivity contribution is 5.98. The highest BCUT2D eigenvalue weighted by Gasteiger charge is 2.40. The molecular formula is C19H27N3O2. The molecule has 0 aliphatic carbocycles. The Hall–Kier alpha value is -1.88. The lowest BCUT2D eigenvalue weighted by Crippen LogP contribution is -2.51. The van der Waals surface area contributed by atoms with E-state index in [2.05, 4.69) is 10.6 Å². The topological polar surface area (TPSA) is 61.4 Å². The number of amides is 2. The second-order valence-corrected chi connectivity index (χ2v) is 7.43. The molecule has 2 N–H and O–H groups in total. The first-order chi connectivity index (χ1) is 11.5. The molecule has 0 bridgehead atoms. The van der Waals surface area contributed by atoms with E-state index in [0.29, 0.717) is 17.4 Å². The number of carbonyl (C=O) groups excluding carboxylic acids is 2. The van der Waals surface area contributed by atoms with Gasteiger partial charge in [-0.05, 0) is 36.3 Å². The van der Waals surface area contributed by atoms with Gasteiger partial charge in [0.2, 0.25) is 5.91 Å². The Kier molecular flexibility index (Phi) is 4.90. The number of nitrogens with one attached hydrogen (secondary N) is 2. The van der Waals surface area contributed by atoms with Gasteiger partial charge in [-0.3, -0.25) is 9.59 Å². The molecule has 3 rings (SSSR count). The number of benzene rings is 1. The fraction of sp³-hybridized carbons (Fsp3) is 0.579. The lowest BCUT2D eigenvalue weighted by molar-refractivity contribution is -0.133. The van der Waals surface area contributed by atoms with Crippen molar-refractivity contribution in [2.75, 3.05) is 26.2 Å². The maximum atomic E-state index is 13.0. The number of aryl methyl sites for hydroxylation is 1. The fourth-order valence-electron chi connectivity index (χ4n) is 3.79. The molecule has 0 saturated carbocycles. The molecular weight excluding hydrogens is 302 g/mol. The van der Waals surface area contributed by atoms with Crippen molar-refractivity contribution in [2.45, 2.75) is 26.8 Å². The Morgan fingerprint density at radius 3 is 2.38 bits per heavy atom. The van der Waals surface area contributed by atoms with E-state index in [9.17, 15) is 9.59 Å². The molecule has 1 aromatic carbocycles. The van der Waals surface area contributed by atoms with Gasteiger partial charge in [-0.25, -0.2) is 0 Å². The first-order valence-electron chi connectivity index (χ1n) is 8.83. The number of nitrogens with zero attached hydrogens (tertiary/aromatic N) is 1. The second-order valence-electron chi connectivity index (χ2n) is 7.43. The third-order valence-corrected chi connectivity index (χ3v) is 5.31. The third-order valence-electron chi connectivity index (χ3n) is 5.31. The number of carbonyl (C=O) groups is 2. The molecule has 2 fully saturated rings. The van der Waals surface area contributed by atoms with Gasteiger partial charge in [0.25, 0.3) is 5.91 Å². The number of hydrogen-bond acceptors (Lipinski definition) is 3. The molecule has 2 aliphatic heterocycles. The summed E-state index contributed by atoms with van der Waals surface area (Å²) in [6, 6.07) is 7.01. The fourth-order valence-corrected chi connectivity index (χ4v) is 3.79. The quantitative estimate of drug-likeness (QED) is 0.878. The number of rotatable bonds is 4. The van der Waals surface area contributed by atoms with E-state index in [1.807, 2.05) is 43.9 Å². The van der Waals surface area contributed by atoms with Gasteiger partial charge < -0.3 is 15.5 Å². The number of hydrogen-bond donors (Lipinski definition) is 2. The van der Waals surface area contributed by atoms with E-state index in [1.165, 1.54) is 0 Å². The van der Waals surface area contributed by atoms with Crippen molar-refractivity contribution in [3.63, 3.8) is 0 Å². The van der Waals surface area contributed by atoms with E-state index in [0.717, 1.165) is 31.7 Å². The summed E-state index contributed by atoms with van der Waals surface area (Å²) >= 11 is 0. The molecule has 3 atom stereocenters. The van der Waals surface area contributed by atoms with Crippen LogP contribution < -0.4 is 10.6 Å². The van der Waals surface area contributed by atoms with Gasteiger partial charge in [0.1, 0.15) is 6.04 Å². The molecule has 130 valence electrons. The van der Waals surface area contributed by atoms with Crippen LogP contribution in [0.15, 0.2) is 24.3 Å². The van der Waals surface area contributed by atoms with Crippen molar-refractivity contribution >= 4 is 11.8 Å². The summed E-state index contributed by atoms with van der Waals surface area (Å²) < 4.78 is 0. The molecule has 2 saturated heterocycles. The standard InChI is InChI=1S/C19H27N3O2/c1-12(2)17(21-18(23)16-7-5-4-6-13(16)3)19(24)22-10-14-8-20-9-15(14)11-22/h4-7,12,14-15,17,20H,8-11H2,1-3H3,(H,21,23)/t14-,15+,17?. The highest BCUT2D eigenvalue weighted by Crippen LogP contribution is 2.27. The van der Waals surface area contributed by atoms with Gasteiger partial charge in [-0.15, -0.1) is 0 Å². The van der Waals surface area contributed by atoms with Crippen LogP contribution in [0.2, 0.25) is 0 Å². The molecule has 1 unspecified atom stereocenters. The number of fused-ring (bicyclic) bond motifs is 1. The van der Waals surface area contributed by atoms with Crippen LogP contribution in [0.4, 0.5) is 0 Å². The summed E-state index contributed by atoms with van der Waals surface area (Å²) in [5, 5.41) is 6.36. The smallest absolute Gasteiger partial charge is 0.252 e. The summed E-state index contributed by atoms with van der Waals surface area (Å²) in [5.41, 5.74) is 1.56. The maximum absolute atomic E-state index is 13.0. The molecule has 24 heavy (non-hydrogen) atoms. The van der Waals surface area contributed by atoms with Gasteiger partial charge in [-0.1, -0.05) is 32.0 Å². The van der Waals surface area contributed by atoms with Crippen molar-refractivity contribution in [2.24, 2.45) is 17.8 Å².